The molecule has 4 aromatic rings. The molecule has 1 aliphatic rings. The van der Waals surface area contributed by atoms with E-state index in [9.17, 15) is 4.79 Å². The van der Waals surface area contributed by atoms with Gasteiger partial charge in [0.1, 0.15) is 0 Å². The van der Waals surface area contributed by atoms with E-state index in [0.717, 1.165) is 48.7 Å². The molecule has 0 radical (unpaired) electrons. The number of aromatic nitrogens is 1. The molecule has 188 valence electrons. The predicted octanol–water partition coefficient (Wildman–Crippen LogP) is 6.72. The molecule has 1 aliphatic heterocycles. The van der Waals surface area contributed by atoms with Gasteiger partial charge in [-0.1, -0.05) is 59.6 Å². The van der Waals surface area contributed by atoms with Gasteiger partial charge in [0.15, 0.2) is 0 Å². The van der Waals surface area contributed by atoms with Crippen molar-refractivity contribution in [2.24, 2.45) is 5.10 Å². The molecule has 0 unspecified atom stereocenters. The van der Waals surface area contributed by atoms with Gasteiger partial charge in [0.05, 0.1) is 6.21 Å². The van der Waals surface area contributed by atoms with E-state index in [1.807, 2.05) is 56.3 Å². The number of hydrazone groups is 1. The Labute approximate surface area is 227 Å². The van der Waals surface area contributed by atoms with Crippen LogP contribution in [0, 0.1) is 13.8 Å². The Hall–Kier alpha value is -3.38. The molecular weight excluding hydrogens is 503 g/mol. The molecule has 1 aromatic heterocycles. The summed E-state index contributed by atoms with van der Waals surface area (Å²) in [7, 11) is 0. The SMILES string of the molecule is Cc1cc(C=NNC(=O)c2ccc(CN3CCc4ccccc4C3)cc2)c(C)n1-c1cc(Cl)cc(Cl)c1. The number of rotatable bonds is 6. The zero-order chi connectivity index (χ0) is 25.9. The highest BCUT2D eigenvalue weighted by Gasteiger charge is 2.16. The highest BCUT2D eigenvalue weighted by atomic mass is 35.5. The summed E-state index contributed by atoms with van der Waals surface area (Å²) < 4.78 is 2.06. The first-order chi connectivity index (χ1) is 17.9. The Morgan fingerprint density at radius 2 is 1.68 bits per heavy atom. The van der Waals surface area contributed by atoms with E-state index < -0.39 is 0 Å². The summed E-state index contributed by atoms with van der Waals surface area (Å²) in [6, 6.07) is 23.8. The summed E-state index contributed by atoms with van der Waals surface area (Å²) in [5, 5.41) is 5.35. The van der Waals surface area contributed by atoms with Crippen molar-refractivity contribution in [3.05, 3.63) is 122 Å². The second-order valence-electron chi connectivity index (χ2n) is 9.41. The van der Waals surface area contributed by atoms with E-state index >= 15 is 0 Å². The van der Waals surface area contributed by atoms with Gasteiger partial charge >= 0.3 is 0 Å². The monoisotopic (exact) mass is 530 g/mol. The number of aryl methyl sites for hydroxylation is 1. The summed E-state index contributed by atoms with van der Waals surface area (Å²) in [6.07, 6.45) is 2.73. The van der Waals surface area contributed by atoms with Crippen molar-refractivity contribution in [3.63, 3.8) is 0 Å². The van der Waals surface area contributed by atoms with Crippen LogP contribution < -0.4 is 5.43 Å². The molecule has 1 N–H and O–H groups in total. The Kier molecular flexibility index (Phi) is 7.47. The number of carbonyl (C=O) groups excluding carboxylic acids is 1. The molecule has 0 saturated heterocycles. The summed E-state index contributed by atoms with van der Waals surface area (Å²) in [4.78, 5) is 15.1. The summed E-state index contributed by atoms with van der Waals surface area (Å²) in [5.74, 6) is -0.245. The molecule has 0 saturated carbocycles. The molecule has 37 heavy (non-hydrogen) atoms. The van der Waals surface area contributed by atoms with Gasteiger partial charge in [0.2, 0.25) is 0 Å². The summed E-state index contributed by atoms with van der Waals surface area (Å²) in [6.45, 7) is 6.85. The lowest BCUT2D eigenvalue weighted by atomic mass is 9.99. The smallest absolute Gasteiger partial charge is 0.271 e. The topological polar surface area (TPSA) is 49.6 Å². The second kappa shape index (κ2) is 10.9. The van der Waals surface area contributed by atoms with Gasteiger partial charge in [-0.05, 0) is 73.4 Å². The number of nitrogens with one attached hydrogen (secondary N) is 1. The third-order valence-electron chi connectivity index (χ3n) is 6.78. The van der Waals surface area contributed by atoms with E-state index in [1.165, 1.54) is 16.7 Å². The zero-order valence-corrected chi connectivity index (χ0v) is 22.4. The van der Waals surface area contributed by atoms with Gasteiger partial charge in [0, 0.05) is 57.9 Å². The number of carbonyl (C=O) groups is 1. The fourth-order valence-electron chi connectivity index (χ4n) is 4.92. The largest absolute Gasteiger partial charge is 0.318 e. The van der Waals surface area contributed by atoms with Gasteiger partial charge in [-0.15, -0.1) is 0 Å². The van der Waals surface area contributed by atoms with Crippen molar-refractivity contribution < 1.29 is 4.79 Å². The summed E-state index contributed by atoms with van der Waals surface area (Å²) >= 11 is 12.4. The van der Waals surface area contributed by atoms with Crippen LogP contribution >= 0.6 is 23.2 Å². The first kappa shape index (κ1) is 25.3. The number of benzene rings is 3. The third-order valence-corrected chi connectivity index (χ3v) is 7.21. The Morgan fingerprint density at radius 3 is 2.41 bits per heavy atom. The van der Waals surface area contributed by atoms with Crippen LogP contribution in [0.25, 0.3) is 5.69 Å². The number of fused-ring (bicyclic) bond motifs is 1. The van der Waals surface area contributed by atoms with Crippen LogP contribution in [-0.2, 0) is 19.5 Å². The van der Waals surface area contributed by atoms with Crippen molar-refractivity contribution >= 4 is 35.3 Å². The van der Waals surface area contributed by atoms with Crippen LogP contribution in [0.5, 0.6) is 0 Å². The van der Waals surface area contributed by atoms with Crippen LogP contribution in [0.1, 0.15) is 44.0 Å². The summed E-state index contributed by atoms with van der Waals surface area (Å²) in [5.41, 5.74) is 11.0. The molecule has 0 bridgehead atoms. The number of nitrogens with zero attached hydrogens (tertiary/aromatic N) is 3. The highest BCUT2D eigenvalue weighted by Crippen LogP contribution is 2.26. The lowest BCUT2D eigenvalue weighted by Gasteiger charge is -2.28. The van der Waals surface area contributed by atoms with Crippen molar-refractivity contribution in [2.75, 3.05) is 6.54 Å². The van der Waals surface area contributed by atoms with Crippen LogP contribution in [0.4, 0.5) is 0 Å². The van der Waals surface area contributed by atoms with E-state index in [-0.39, 0.29) is 5.91 Å². The minimum absolute atomic E-state index is 0.245. The molecule has 1 amide bonds. The Bertz CT molecular complexity index is 1450. The molecule has 0 spiro atoms. The Morgan fingerprint density at radius 1 is 0.973 bits per heavy atom. The second-order valence-corrected chi connectivity index (χ2v) is 10.3. The maximum Gasteiger partial charge on any atom is 0.271 e. The normalized spacial score (nSPS) is 13.6. The first-order valence-electron chi connectivity index (χ1n) is 12.2. The van der Waals surface area contributed by atoms with Crippen LogP contribution in [0.2, 0.25) is 10.0 Å². The lowest BCUT2D eigenvalue weighted by molar-refractivity contribution is 0.0955. The molecule has 3 aromatic carbocycles. The molecule has 5 rings (SSSR count). The highest BCUT2D eigenvalue weighted by molar-refractivity contribution is 6.34. The minimum Gasteiger partial charge on any atom is -0.318 e. The van der Waals surface area contributed by atoms with E-state index in [4.69, 9.17) is 23.2 Å². The lowest BCUT2D eigenvalue weighted by Crippen LogP contribution is -2.30. The number of hydrogen-bond acceptors (Lipinski definition) is 3. The van der Waals surface area contributed by atoms with Gasteiger partial charge in [0.25, 0.3) is 5.91 Å². The van der Waals surface area contributed by atoms with Gasteiger partial charge in [-0.3, -0.25) is 9.69 Å². The number of hydrogen-bond donors (Lipinski definition) is 1. The van der Waals surface area contributed by atoms with Crippen molar-refractivity contribution in [1.82, 2.24) is 14.9 Å². The Balaban J connectivity index is 1.20. The van der Waals surface area contributed by atoms with Crippen molar-refractivity contribution in [2.45, 2.75) is 33.4 Å². The van der Waals surface area contributed by atoms with E-state index in [2.05, 4.69) is 44.3 Å². The molecule has 0 fully saturated rings. The average Bonchev–Trinajstić information content (AvgIpc) is 3.16. The third kappa shape index (κ3) is 5.80. The van der Waals surface area contributed by atoms with Crippen LogP contribution in [0.15, 0.2) is 77.9 Å². The molecule has 7 heteroatoms. The van der Waals surface area contributed by atoms with Crippen molar-refractivity contribution in [3.8, 4) is 5.69 Å². The average molecular weight is 531 g/mol. The van der Waals surface area contributed by atoms with E-state index in [1.54, 1.807) is 12.3 Å². The van der Waals surface area contributed by atoms with Crippen molar-refractivity contribution in [1.29, 1.82) is 0 Å². The maximum atomic E-state index is 12.7. The number of amides is 1. The predicted molar refractivity (Wildman–Crippen MR) is 151 cm³/mol. The quantitative estimate of drug-likeness (QED) is 0.222. The standard InChI is InChI=1S/C30H28Cl2N4O/c1-20-13-26(21(2)36(20)29-15-27(31)14-28(32)16-29)17-33-34-30(37)24-9-7-22(8-10-24)18-35-12-11-23-5-3-4-6-25(23)19-35/h3-10,13-17H,11-12,18-19H2,1-2H3,(H,34,37). The molecule has 2 heterocycles. The first-order valence-corrected chi connectivity index (χ1v) is 13.0. The van der Waals surface area contributed by atoms with Gasteiger partial charge in [-0.2, -0.15) is 5.10 Å². The van der Waals surface area contributed by atoms with Gasteiger partial charge < -0.3 is 4.57 Å². The zero-order valence-electron chi connectivity index (χ0n) is 20.8. The maximum absolute atomic E-state index is 12.7. The van der Waals surface area contributed by atoms with E-state index in [0.29, 0.717) is 15.6 Å². The fraction of sp³-hybridized carbons (Fsp3) is 0.200. The van der Waals surface area contributed by atoms with Crippen LogP contribution in [0.3, 0.4) is 0 Å². The van der Waals surface area contributed by atoms with Gasteiger partial charge in [-0.25, -0.2) is 5.43 Å². The molecule has 0 atom stereocenters. The number of halogens is 2. The molecule has 5 nitrogen and oxygen atoms in total. The molecule has 0 aliphatic carbocycles. The molecular formula is C30H28Cl2N4O. The van der Waals surface area contributed by atoms with Crippen LogP contribution in [-0.4, -0.2) is 28.1 Å². The minimum atomic E-state index is -0.245. The fourth-order valence-corrected chi connectivity index (χ4v) is 5.43.